The van der Waals surface area contributed by atoms with E-state index in [-0.39, 0.29) is 11.9 Å². The van der Waals surface area contributed by atoms with Gasteiger partial charge in [0, 0.05) is 43.5 Å². The Morgan fingerprint density at radius 2 is 2.29 bits per heavy atom. The molecule has 0 aromatic carbocycles. The molecule has 0 bridgehead atoms. The minimum atomic E-state index is 0.116. The average Bonchev–Trinajstić information content (AvgIpc) is 2.53. The van der Waals surface area contributed by atoms with Crippen molar-refractivity contribution in [3.8, 4) is 0 Å². The number of hydrogen-bond donors (Lipinski definition) is 1. The molecule has 2 aliphatic heterocycles. The van der Waals surface area contributed by atoms with Gasteiger partial charge >= 0.3 is 0 Å². The van der Waals surface area contributed by atoms with Crippen molar-refractivity contribution in [3.63, 3.8) is 0 Å². The van der Waals surface area contributed by atoms with Crippen molar-refractivity contribution in [1.82, 2.24) is 14.8 Å². The maximum atomic E-state index is 12.8. The average molecular weight is 288 g/mol. The molecule has 2 atom stereocenters. The van der Waals surface area contributed by atoms with E-state index in [0.717, 1.165) is 18.8 Å². The number of carbonyl (C=O) groups excluding carboxylic acids is 1. The van der Waals surface area contributed by atoms with E-state index < -0.39 is 0 Å². The van der Waals surface area contributed by atoms with E-state index in [4.69, 9.17) is 5.73 Å². The molecule has 21 heavy (non-hydrogen) atoms. The van der Waals surface area contributed by atoms with Gasteiger partial charge in [0.15, 0.2) is 0 Å². The molecule has 0 spiro atoms. The first-order valence-corrected chi connectivity index (χ1v) is 7.89. The summed E-state index contributed by atoms with van der Waals surface area (Å²) in [7, 11) is 0. The smallest absolute Gasteiger partial charge is 0.254 e. The Hall–Kier alpha value is -1.46. The van der Waals surface area contributed by atoms with E-state index in [1.807, 2.05) is 11.0 Å². The van der Waals surface area contributed by atoms with E-state index in [1.54, 1.807) is 12.3 Å². The summed E-state index contributed by atoms with van der Waals surface area (Å²) in [6.45, 7) is 5.54. The number of amides is 1. The Bertz CT molecular complexity index is 519. The number of nitrogens with zero attached hydrogens (tertiary/aromatic N) is 3. The van der Waals surface area contributed by atoms with Gasteiger partial charge in [-0.05, 0) is 38.4 Å². The molecule has 2 saturated heterocycles. The van der Waals surface area contributed by atoms with Gasteiger partial charge in [-0.15, -0.1) is 0 Å². The summed E-state index contributed by atoms with van der Waals surface area (Å²) < 4.78 is 0. The molecular formula is C16H24N4O. The molecule has 2 fully saturated rings. The molecule has 2 N–H and O–H groups in total. The molecule has 5 heteroatoms. The minimum absolute atomic E-state index is 0.116. The molecule has 1 aromatic rings. The van der Waals surface area contributed by atoms with Crippen LogP contribution in [0.3, 0.4) is 0 Å². The van der Waals surface area contributed by atoms with Gasteiger partial charge in [-0.2, -0.15) is 0 Å². The van der Waals surface area contributed by atoms with Crippen LogP contribution in [0.1, 0.15) is 42.2 Å². The van der Waals surface area contributed by atoms with E-state index in [9.17, 15) is 4.79 Å². The van der Waals surface area contributed by atoms with E-state index in [2.05, 4.69) is 16.8 Å². The van der Waals surface area contributed by atoms with Crippen molar-refractivity contribution in [3.05, 3.63) is 29.6 Å². The Kier molecular flexibility index (Phi) is 4.22. The molecule has 0 saturated carbocycles. The maximum absolute atomic E-state index is 12.8. The fourth-order valence-electron chi connectivity index (χ4n) is 3.52. The highest BCUT2D eigenvalue weighted by Gasteiger charge is 2.35. The summed E-state index contributed by atoms with van der Waals surface area (Å²) in [5.41, 5.74) is 7.10. The monoisotopic (exact) mass is 288 g/mol. The van der Waals surface area contributed by atoms with Crippen molar-refractivity contribution in [1.29, 1.82) is 0 Å². The number of nitrogens with two attached hydrogens (primary N) is 1. The molecule has 0 aliphatic carbocycles. The van der Waals surface area contributed by atoms with Gasteiger partial charge in [-0.3, -0.25) is 14.7 Å². The zero-order valence-electron chi connectivity index (χ0n) is 12.7. The highest BCUT2D eigenvalue weighted by atomic mass is 16.2. The predicted octanol–water partition coefficient (Wildman–Crippen LogP) is 1.24. The summed E-state index contributed by atoms with van der Waals surface area (Å²) in [6.07, 6.45) is 5.46. The summed E-state index contributed by atoms with van der Waals surface area (Å²) in [5.74, 6) is 0.116. The lowest BCUT2D eigenvalue weighted by atomic mass is 9.96. The zero-order valence-corrected chi connectivity index (χ0v) is 12.7. The van der Waals surface area contributed by atoms with Crippen LogP contribution in [0.2, 0.25) is 0 Å². The van der Waals surface area contributed by atoms with Crippen LogP contribution in [-0.2, 0) is 6.54 Å². The second kappa shape index (κ2) is 6.12. The molecule has 0 radical (unpaired) electrons. The van der Waals surface area contributed by atoms with Gasteiger partial charge in [-0.1, -0.05) is 6.42 Å². The molecule has 1 aromatic heterocycles. The highest BCUT2D eigenvalue weighted by Crippen LogP contribution is 2.25. The van der Waals surface area contributed by atoms with Crippen LogP contribution in [0, 0.1) is 0 Å². The number of hydrogen-bond acceptors (Lipinski definition) is 4. The Morgan fingerprint density at radius 3 is 3.10 bits per heavy atom. The van der Waals surface area contributed by atoms with Crippen LogP contribution >= 0.6 is 0 Å². The molecule has 114 valence electrons. The number of carbonyl (C=O) groups is 1. The van der Waals surface area contributed by atoms with Crippen LogP contribution in [-0.4, -0.2) is 52.4 Å². The SMILES string of the molecule is CC1CN2CCCCC2CN1C(=O)c1ccnc(CN)c1. The van der Waals surface area contributed by atoms with Crippen molar-refractivity contribution in [2.24, 2.45) is 5.73 Å². The first kappa shape index (κ1) is 14.5. The quantitative estimate of drug-likeness (QED) is 0.889. The Labute approximate surface area is 126 Å². The van der Waals surface area contributed by atoms with Crippen LogP contribution in [0.25, 0.3) is 0 Å². The van der Waals surface area contributed by atoms with Crippen LogP contribution in [0.4, 0.5) is 0 Å². The topological polar surface area (TPSA) is 62.5 Å². The van der Waals surface area contributed by atoms with Crippen molar-refractivity contribution in [2.45, 2.75) is 44.8 Å². The normalized spacial score (nSPS) is 26.5. The number of rotatable bonds is 2. The number of piperazine rings is 1. The lowest BCUT2D eigenvalue weighted by Gasteiger charge is -2.47. The van der Waals surface area contributed by atoms with Gasteiger partial charge in [0.05, 0.1) is 5.69 Å². The largest absolute Gasteiger partial charge is 0.333 e. The number of fused-ring (bicyclic) bond motifs is 1. The third-order valence-corrected chi connectivity index (χ3v) is 4.72. The van der Waals surface area contributed by atoms with Crippen molar-refractivity contribution in [2.75, 3.05) is 19.6 Å². The molecule has 3 rings (SSSR count). The van der Waals surface area contributed by atoms with E-state index in [1.165, 1.54) is 25.8 Å². The summed E-state index contributed by atoms with van der Waals surface area (Å²) in [5, 5.41) is 0. The Balaban J connectivity index is 1.77. The number of pyridine rings is 1. The molecule has 3 heterocycles. The first-order chi connectivity index (χ1) is 10.2. The van der Waals surface area contributed by atoms with Gasteiger partial charge in [0.1, 0.15) is 0 Å². The standard InChI is InChI=1S/C16H24N4O/c1-12-10-19-7-3-2-4-15(19)11-20(12)16(21)13-5-6-18-14(8-13)9-17/h5-6,8,12,15H,2-4,7,9-11,17H2,1H3. The third kappa shape index (κ3) is 2.94. The first-order valence-electron chi connectivity index (χ1n) is 7.89. The molecule has 2 unspecified atom stereocenters. The fraction of sp³-hybridized carbons (Fsp3) is 0.625. The second-order valence-corrected chi connectivity index (χ2v) is 6.19. The predicted molar refractivity (Wildman–Crippen MR) is 81.8 cm³/mol. The lowest BCUT2D eigenvalue weighted by Crippen LogP contribution is -2.60. The number of piperidine rings is 1. The van der Waals surface area contributed by atoms with Crippen LogP contribution < -0.4 is 5.73 Å². The van der Waals surface area contributed by atoms with Gasteiger partial charge < -0.3 is 10.6 Å². The molecule has 1 amide bonds. The molecular weight excluding hydrogens is 264 g/mol. The van der Waals surface area contributed by atoms with Gasteiger partial charge in [-0.25, -0.2) is 0 Å². The fourth-order valence-corrected chi connectivity index (χ4v) is 3.52. The summed E-state index contributed by atoms with van der Waals surface area (Å²) >= 11 is 0. The van der Waals surface area contributed by atoms with Gasteiger partial charge in [0.2, 0.25) is 0 Å². The third-order valence-electron chi connectivity index (χ3n) is 4.72. The van der Waals surface area contributed by atoms with E-state index in [0.29, 0.717) is 18.2 Å². The summed E-state index contributed by atoms with van der Waals surface area (Å²) in [4.78, 5) is 21.5. The summed E-state index contributed by atoms with van der Waals surface area (Å²) in [6, 6.07) is 4.42. The van der Waals surface area contributed by atoms with Crippen molar-refractivity contribution >= 4 is 5.91 Å². The maximum Gasteiger partial charge on any atom is 0.254 e. The molecule has 5 nitrogen and oxygen atoms in total. The molecule has 2 aliphatic rings. The zero-order chi connectivity index (χ0) is 14.8. The second-order valence-electron chi connectivity index (χ2n) is 6.19. The lowest BCUT2D eigenvalue weighted by molar-refractivity contribution is 0.0151. The minimum Gasteiger partial charge on any atom is -0.333 e. The van der Waals surface area contributed by atoms with E-state index >= 15 is 0 Å². The highest BCUT2D eigenvalue weighted by molar-refractivity contribution is 5.94. The number of aromatic nitrogens is 1. The van der Waals surface area contributed by atoms with Gasteiger partial charge in [0.25, 0.3) is 5.91 Å². The van der Waals surface area contributed by atoms with Crippen LogP contribution in [0.15, 0.2) is 18.3 Å². The Morgan fingerprint density at radius 1 is 1.43 bits per heavy atom. The van der Waals surface area contributed by atoms with Crippen molar-refractivity contribution < 1.29 is 4.79 Å². The van der Waals surface area contributed by atoms with Crippen LogP contribution in [0.5, 0.6) is 0 Å².